The average molecular weight is 538 g/mol. The van der Waals surface area contributed by atoms with Crippen LogP contribution in [0.2, 0.25) is 5.02 Å². The summed E-state index contributed by atoms with van der Waals surface area (Å²) in [5.41, 5.74) is 1.45. The van der Waals surface area contributed by atoms with Crippen LogP contribution >= 0.6 is 11.6 Å². The maximum atomic E-state index is 13.8. The Morgan fingerprint density at radius 2 is 1.78 bits per heavy atom. The lowest BCUT2D eigenvalue weighted by Crippen LogP contribution is -2.55. The molecular weight excluding hydrogens is 502 g/mol. The molecule has 1 N–H and O–H groups in total. The average Bonchev–Trinajstić information content (AvgIpc) is 2.76. The summed E-state index contributed by atoms with van der Waals surface area (Å²) >= 11 is 6.14. The number of halogens is 1. The first-order chi connectivity index (χ1) is 16.7. The van der Waals surface area contributed by atoms with Crippen LogP contribution in [0.5, 0.6) is 5.75 Å². The van der Waals surface area contributed by atoms with E-state index in [0.717, 1.165) is 21.7 Å². The number of nitrogens with one attached hydrogen (secondary N) is 1. The molecule has 0 aliphatic heterocycles. The number of amides is 2. The Bertz CT molecular complexity index is 1190. The topological polar surface area (TPSA) is 96.0 Å². The largest absolute Gasteiger partial charge is 0.495 e. The fourth-order valence-corrected chi connectivity index (χ4v) is 4.81. The number of anilines is 1. The summed E-state index contributed by atoms with van der Waals surface area (Å²) in [7, 11) is -2.51. The third kappa shape index (κ3) is 7.86. The van der Waals surface area contributed by atoms with Crippen LogP contribution in [0.4, 0.5) is 5.69 Å². The summed E-state index contributed by atoms with van der Waals surface area (Å²) in [5, 5.41) is 3.24. The highest BCUT2D eigenvalue weighted by molar-refractivity contribution is 7.92. The second-order valence-corrected chi connectivity index (χ2v) is 12.0. The fraction of sp³-hybridized carbons (Fsp3) is 0.462. The molecule has 2 rings (SSSR count). The number of hydrogen-bond acceptors (Lipinski definition) is 5. The van der Waals surface area contributed by atoms with Crippen molar-refractivity contribution in [1.82, 2.24) is 10.2 Å². The number of aryl methyl sites for hydroxylation is 1. The Labute approximate surface area is 219 Å². The number of sulfonamides is 1. The van der Waals surface area contributed by atoms with Crippen molar-refractivity contribution in [2.24, 2.45) is 0 Å². The zero-order valence-corrected chi connectivity index (χ0v) is 23.5. The molecule has 198 valence electrons. The van der Waals surface area contributed by atoms with Crippen molar-refractivity contribution in [2.75, 3.05) is 24.2 Å². The molecule has 0 bridgehead atoms. The van der Waals surface area contributed by atoms with E-state index in [1.807, 2.05) is 58.9 Å². The molecule has 36 heavy (non-hydrogen) atoms. The maximum absolute atomic E-state index is 13.8. The normalized spacial score (nSPS) is 12.6. The summed E-state index contributed by atoms with van der Waals surface area (Å²) < 4.78 is 31.9. The molecule has 10 heteroatoms. The number of carbonyl (C=O) groups excluding carboxylic acids is 2. The lowest BCUT2D eigenvalue weighted by Gasteiger charge is -2.35. The Kier molecular flexibility index (Phi) is 9.79. The van der Waals surface area contributed by atoms with Crippen molar-refractivity contribution in [1.29, 1.82) is 0 Å². The van der Waals surface area contributed by atoms with E-state index in [0.29, 0.717) is 11.4 Å². The number of rotatable bonds is 10. The van der Waals surface area contributed by atoms with Gasteiger partial charge in [0.25, 0.3) is 0 Å². The lowest BCUT2D eigenvalue weighted by molar-refractivity contribution is -0.141. The van der Waals surface area contributed by atoms with E-state index < -0.39 is 34.1 Å². The lowest BCUT2D eigenvalue weighted by atomic mass is 10.0. The van der Waals surface area contributed by atoms with E-state index in [1.165, 1.54) is 24.1 Å². The molecule has 0 unspecified atom stereocenters. The third-order valence-corrected chi connectivity index (χ3v) is 6.94. The zero-order chi connectivity index (χ0) is 27.3. The number of nitrogens with zero attached hydrogens (tertiary/aromatic N) is 2. The molecule has 2 aromatic rings. The van der Waals surface area contributed by atoms with Gasteiger partial charge in [0.05, 0.1) is 19.1 Å². The van der Waals surface area contributed by atoms with Crippen molar-refractivity contribution in [3.63, 3.8) is 0 Å². The van der Waals surface area contributed by atoms with Crippen molar-refractivity contribution >= 4 is 39.1 Å². The second-order valence-electron chi connectivity index (χ2n) is 9.70. The van der Waals surface area contributed by atoms with Crippen LogP contribution in [-0.4, -0.2) is 56.6 Å². The van der Waals surface area contributed by atoms with E-state index >= 15 is 0 Å². The predicted molar refractivity (Wildman–Crippen MR) is 144 cm³/mol. The minimum absolute atomic E-state index is 0.142. The van der Waals surface area contributed by atoms with E-state index in [4.69, 9.17) is 16.3 Å². The number of benzene rings is 2. The highest BCUT2D eigenvalue weighted by Gasteiger charge is 2.34. The molecule has 0 radical (unpaired) electrons. The van der Waals surface area contributed by atoms with Crippen LogP contribution in [0.3, 0.4) is 0 Å². The van der Waals surface area contributed by atoms with Crippen molar-refractivity contribution < 1.29 is 22.7 Å². The monoisotopic (exact) mass is 537 g/mol. The second kappa shape index (κ2) is 12.0. The first kappa shape index (κ1) is 29.5. The molecule has 0 aromatic heterocycles. The highest BCUT2D eigenvalue weighted by Crippen LogP contribution is 2.33. The van der Waals surface area contributed by atoms with Gasteiger partial charge in [-0.2, -0.15) is 0 Å². The minimum atomic E-state index is -3.91. The molecule has 2 amide bonds. The molecule has 0 heterocycles. The molecule has 0 fully saturated rings. The van der Waals surface area contributed by atoms with Gasteiger partial charge in [0.15, 0.2) is 0 Å². The maximum Gasteiger partial charge on any atom is 0.244 e. The summed E-state index contributed by atoms with van der Waals surface area (Å²) in [5.74, 6) is -0.583. The number of ether oxygens (including phenoxy) is 1. The Morgan fingerprint density at radius 3 is 2.31 bits per heavy atom. The molecule has 0 aliphatic carbocycles. The molecule has 2 aromatic carbocycles. The molecule has 0 saturated heterocycles. The molecule has 0 saturated carbocycles. The van der Waals surface area contributed by atoms with Crippen LogP contribution in [0, 0.1) is 6.92 Å². The van der Waals surface area contributed by atoms with Crippen molar-refractivity contribution in [3.8, 4) is 5.75 Å². The van der Waals surface area contributed by atoms with E-state index in [9.17, 15) is 18.0 Å². The standard InChI is InChI=1S/C26H36ClN3O5S/c1-8-21(25(32)28-26(3,4)5)29(16-19-12-10-9-11-18(19)2)24(31)17-30(36(7,33)34)22-15-20(27)13-14-23(22)35-6/h9-15,21H,8,16-17H2,1-7H3,(H,28,32)/t21-/m0/s1. The number of hydrogen-bond donors (Lipinski definition) is 1. The highest BCUT2D eigenvalue weighted by atomic mass is 35.5. The van der Waals surface area contributed by atoms with E-state index in [2.05, 4.69) is 5.32 Å². The van der Waals surface area contributed by atoms with Gasteiger partial charge in [-0.05, 0) is 63.4 Å². The fourth-order valence-electron chi connectivity index (χ4n) is 3.80. The Hall–Kier alpha value is -2.78. The Balaban J connectivity index is 2.55. The van der Waals surface area contributed by atoms with Gasteiger partial charge in [-0.15, -0.1) is 0 Å². The van der Waals surface area contributed by atoms with Crippen molar-refractivity contribution in [3.05, 3.63) is 58.6 Å². The minimum Gasteiger partial charge on any atom is -0.495 e. The summed E-state index contributed by atoms with van der Waals surface area (Å²) in [4.78, 5) is 28.5. The van der Waals surface area contributed by atoms with Gasteiger partial charge in [0, 0.05) is 17.1 Å². The molecule has 0 aliphatic rings. The Morgan fingerprint density at radius 1 is 1.14 bits per heavy atom. The summed E-state index contributed by atoms with van der Waals surface area (Å²) in [6.45, 7) is 8.95. The third-order valence-electron chi connectivity index (χ3n) is 5.57. The van der Waals surface area contributed by atoms with Gasteiger partial charge in [-0.1, -0.05) is 42.8 Å². The molecule has 0 spiro atoms. The van der Waals surface area contributed by atoms with E-state index in [1.54, 1.807) is 6.07 Å². The van der Waals surface area contributed by atoms with Gasteiger partial charge >= 0.3 is 0 Å². The molecule has 1 atom stereocenters. The van der Waals surface area contributed by atoms with Crippen molar-refractivity contribution in [2.45, 2.75) is 59.2 Å². The zero-order valence-electron chi connectivity index (χ0n) is 22.0. The van der Waals surface area contributed by atoms with Crippen LogP contribution in [0.15, 0.2) is 42.5 Å². The van der Waals surface area contributed by atoms with Crippen LogP contribution in [0.25, 0.3) is 0 Å². The van der Waals surface area contributed by atoms with Gasteiger partial charge in [-0.3, -0.25) is 13.9 Å². The molecule has 8 nitrogen and oxygen atoms in total. The van der Waals surface area contributed by atoms with Gasteiger partial charge < -0.3 is 15.0 Å². The first-order valence-electron chi connectivity index (χ1n) is 11.6. The smallest absolute Gasteiger partial charge is 0.244 e. The van der Waals surface area contributed by atoms with Crippen LogP contribution < -0.4 is 14.4 Å². The van der Waals surface area contributed by atoms with E-state index in [-0.39, 0.29) is 23.9 Å². The summed E-state index contributed by atoms with van der Waals surface area (Å²) in [6, 6.07) is 11.3. The van der Waals surface area contributed by atoms with Gasteiger partial charge in [-0.25, -0.2) is 8.42 Å². The number of methoxy groups -OCH3 is 1. The first-order valence-corrected chi connectivity index (χ1v) is 13.9. The van der Waals surface area contributed by atoms with Gasteiger partial charge in [0.2, 0.25) is 21.8 Å². The quantitative estimate of drug-likeness (QED) is 0.491. The van der Waals surface area contributed by atoms with Gasteiger partial charge in [0.1, 0.15) is 18.3 Å². The van der Waals surface area contributed by atoms with Crippen LogP contribution in [0.1, 0.15) is 45.2 Å². The number of carbonyl (C=O) groups is 2. The summed E-state index contributed by atoms with van der Waals surface area (Å²) in [6.07, 6.45) is 1.36. The predicted octanol–water partition coefficient (Wildman–Crippen LogP) is 4.15. The molecular formula is C26H36ClN3O5S. The SMILES string of the molecule is CC[C@@H](C(=O)NC(C)(C)C)N(Cc1ccccc1C)C(=O)CN(c1cc(Cl)ccc1OC)S(C)(=O)=O. The van der Waals surface area contributed by atoms with Crippen LogP contribution in [-0.2, 0) is 26.2 Å².